The number of carbonyl (C=O) groups is 2. The number of amides is 2. The van der Waals surface area contributed by atoms with Gasteiger partial charge in [-0.05, 0) is 35.9 Å². The summed E-state index contributed by atoms with van der Waals surface area (Å²) < 4.78 is 5.12. The number of primary amides is 1. The van der Waals surface area contributed by atoms with Crippen molar-refractivity contribution in [3.8, 4) is 11.8 Å². The number of carbonyl (C=O) groups excluding carboxylic acids is 2. The number of anilines is 1. The SMILES string of the molecule is N#CC(=Cc1ccc(OCC(N)=O)cc1)C(=O)Nc1ccc([N+](=O)[O-])cc1. The maximum absolute atomic E-state index is 12.2. The molecule has 136 valence electrons. The Hall–Kier alpha value is -4.19. The molecule has 0 aromatic heterocycles. The predicted molar refractivity (Wildman–Crippen MR) is 96.4 cm³/mol. The van der Waals surface area contributed by atoms with Gasteiger partial charge in [0.2, 0.25) is 0 Å². The van der Waals surface area contributed by atoms with E-state index in [-0.39, 0.29) is 17.9 Å². The van der Waals surface area contributed by atoms with Crippen LogP contribution in [-0.2, 0) is 9.59 Å². The third-order valence-corrected chi connectivity index (χ3v) is 3.27. The number of hydrogen-bond acceptors (Lipinski definition) is 6. The molecule has 0 saturated carbocycles. The number of nitro groups is 1. The molecule has 9 nitrogen and oxygen atoms in total. The Morgan fingerprint density at radius 3 is 2.33 bits per heavy atom. The summed E-state index contributed by atoms with van der Waals surface area (Å²) in [6, 6.07) is 13.4. The van der Waals surface area contributed by atoms with Gasteiger partial charge in [-0.2, -0.15) is 5.26 Å². The van der Waals surface area contributed by atoms with Gasteiger partial charge in [0, 0.05) is 17.8 Å². The standard InChI is InChI=1S/C18H14N4O5/c19-10-13(9-12-1-7-16(8-2-12)27-11-17(20)23)18(24)21-14-3-5-15(6-4-14)22(25)26/h1-9H,11H2,(H2,20,23)(H,21,24). The molecule has 0 aliphatic rings. The van der Waals surface area contributed by atoms with Crippen LogP contribution < -0.4 is 15.8 Å². The van der Waals surface area contributed by atoms with Crippen molar-refractivity contribution in [2.75, 3.05) is 11.9 Å². The second-order valence-corrected chi connectivity index (χ2v) is 5.25. The van der Waals surface area contributed by atoms with Crippen LogP contribution in [0.3, 0.4) is 0 Å². The van der Waals surface area contributed by atoms with Crippen molar-refractivity contribution in [1.29, 1.82) is 5.26 Å². The lowest BCUT2D eigenvalue weighted by Crippen LogP contribution is -2.19. The summed E-state index contributed by atoms with van der Waals surface area (Å²) in [4.78, 5) is 32.9. The fourth-order valence-electron chi connectivity index (χ4n) is 1.99. The fourth-order valence-corrected chi connectivity index (χ4v) is 1.99. The molecule has 0 spiro atoms. The van der Waals surface area contributed by atoms with E-state index in [1.54, 1.807) is 30.3 Å². The zero-order valence-corrected chi connectivity index (χ0v) is 13.9. The van der Waals surface area contributed by atoms with Crippen molar-refractivity contribution in [2.45, 2.75) is 0 Å². The second kappa shape index (κ2) is 8.77. The van der Waals surface area contributed by atoms with Gasteiger partial charge in [-0.25, -0.2) is 0 Å². The average molecular weight is 366 g/mol. The van der Waals surface area contributed by atoms with E-state index < -0.39 is 16.7 Å². The van der Waals surface area contributed by atoms with Crippen molar-refractivity contribution in [3.63, 3.8) is 0 Å². The highest BCUT2D eigenvalue weighted by Crippen LogP contribution is 2.18. The van der Waals surface area contributed by atoms with E-state index >= 15 is 0 Å². The number of nitrogens with one attached hydrogen (secondary N) is 1. The van der Waals surface area contributed by atoms with Gasteiger partial charge in [0.25, 0.3) is 17.5 Å². The first kappa shape index (κ1) is 19.1. The lowest BCUT2D eigenvalue weighted by Gasteiger charge is -2.05. The molecule has 2 aromatic carbocycles. The van der Waals surface area contributed by atoms with Crippen LogP contribution >= 0.6 is 0 Å². The summed E-state index contributed by atoms with van der Waals surface area (Å²) in [6.45, 7) is -0.254. The number of non-ortho nitro benzene ring substituents is 1. The largest absolute Gasteiger partial charge is 0.484 e. The molecule has 0 radical (unpaired) electrons. The Morgan fingerprint density at radius 2 is 1.81 bits per heavy atom. The monoisotopic (exact) mass is 366 g/mol. The van der Waals surface area contributed by atoms with E-state index in [2.05, 4.69) is 5.32 Å². The van der Waals surface area contributed by atoms with Gasteiger partial charge in [-0.1, -0.05) is 12.1 Å². The minimum atomic E-state index is -0.652. The van der Waals surface area contributed by atoms with Crippen molar-refractivity contribution in [2.24, 2.45) is 5.73 Å². The summed E-state index contributed by atoms with van der Waals surface area (Å²) >= 11 is 0. The first-order valence-corrected chi connectivity index (χ1v) is 7.58. The third-order valence-electron chi connectivity index (χ3n) is 3.27. The highest BCUT2D eigenvalue weighted by Gasteiger charge is 2.11. The lowest BCUT2D eigenvalue weighted by molar-refractivity contribution is -0.384. The first-order valence-electron chi connectivity index (χ1n) is 7.58. The van der Waals surface area contributed by atoms with Crippen LogP contribution in [0.25, 0.3) is 6.08 Å². The summed E-state index contributed by atoms with van der Waals surface area (Å²) in [5.41, 5.74) is 5.61. The summed E-state index contributed by atoms with van der Waals surface area (Å²) in [6.07, 6.45) is 1.37. The van der Waals surface area contributed by atoms with Crippen molar-refractivity contribution in [1.82, 2.24) is 0 Å². The number of rotatable bonds is 7. The minimum absolute atomic E-state index is 0.109. The van der Waals surface area contributed by atoms with Gasteiger partial charge in [0.15, 0.2) is 6.61 Å². The number of nitro benzene ring substituents is 1. The Balaban J connectivity index is 2.08. The van der Waals surface area contributed by atoms with Gasteiger partial charge in [0.1, 0.15) is 17.4 Å². The molecule has 0 unspecified atom stereocenters. The van der Waals surface area contributed by atoms with Gasteiger partial charge >= 0.3 is 0 Å². The van der Waals surface area contributed by atoms with Crippen LogP contribution in [0.1, 0.15) is 5.56 Å². The van der Waals surface area contributed by atoms with Crippen molar-refractivity contribution >= 4 is 29.3 Å². The molecule has 0 heterocycles. The molecule has 0 bridgehead atoms. The molecule has 27 heavy (non-hydrogen) atoms. The Kier molecular flexibility index (Phi) is 6.22. The van der Waals surface area contributed by atoms with E-state index in [1.165, 1.54) is 30.3 Å². The zero-order valence-electron chi connectivity index (χ0n) is 13.9. The maximum Gasteiger partial charge on any atom is 0.269 e. The average Bonchev–Trinajstić information content (AvgIpc) is 2.65. The molecule has 2 rings (SSSR count). The number of nitrogens with zero attached hydrogens (tertiary/aromatic N) is 2. The molecule has 0 saturated heterocycles. The van der Waals surface area contributed by atoms with E-state index in [9.17, 15) is 25.0 Å². The molecule has 3 N–H and O–H groups in total. The lowest BCUT2D eigenvalue weighted by atomic mass is 10.1. The van der Waals surface area contributed by atoms with E-state index in [4.69, 9.17) is 10.5 Å². The summed E-state index contributed by atoms with van der Waals surface area (Å²) in [5, 5.41) is 22.3. The molecule has 2 amide bonds. The van der Waals surface area contributed by atoms with Crippen LogP contribution in [0.15, 0.2) is 54.1 Å². The minimum Gasteiger partial charge on any atom is -0.484 e. The van der Waals surface area contributed by atoms with Crippen LogP contribution in [0, 0.1) is 21.4 Å². The van der Waals surface area contributed by atoms with Gasteiger partial charge in [-0.3, -0.25) is 19.7 Å². The predicted octanol–water partition coefficient (Wildman–Crippen LogP) is 2.00. The maximum atomic E-state index is 12.2. The number of nitrogens with two attached hydrogens (primary N) is 1. The Bertz CT molecular complexity index is 928. The second-order valence-electron chi connectivity index (χ2n) is 5.25. The van der Waals surface area contributed by atoms with Crippen molar-refractivity contribution in [3.05, 3.63) is 69.8 Å². The molecule has 0 aliphatic heterocycles. The Labute approximate surface area is 153 Å². The number of hydrogen-bond donors (Lipinski definition) is 2. The van der Waals surface area contributed by atoms with Gasteiger partial charge < -0.3 is 15.8 Å². The van der Waals surface area contributed by atoms with Crippen LogP contribution in [0.5, 0.6) is 5.75 Å². The van der Waals surface area contributed by atoms with E-state index in [0.717, 1.165) is 0 Å². The third kappa shape index (κ3) is 5.68. The van der Waals surface area contributed by atoms with E-state index in [0.29, 0.717) is 17.0 Å². The first-order chi connectivity index (χ1) is 12.9. The normalized spacial score (nSPS) is 10.6. The van der Waals surface area contributed by atoms with Gasteiger partial charge in [0.05, 0.1) is 4.92 Å². The Morgan fingerprint density at radius 1 is 1.19 bits per heavy atom. The molecule has 0 aliphatic carbocycles. The summed E-state index contributed by atoms with van der Waals surface area (Å²) in [5.74, 6) is -0.839. The number of ether oxygens (including phenoxy) is 1. The highest BCUT2D eigenvalue weighted by molar-refractivity contribution is 6.09. The number of benzene rings is 2. The zero-order chi connectivity index (χ0) is 19.8. The van der Waals surface area contributed by atoms with E-state index in [1.807, 2.05) is 0 Å². The summed E-state index contributed by atoms with van der Waals surface area (Å²) in [7, 11) is 0. The van der Waals surface area contributed by atoms with Crippen LogP contribution in [0.4, 0.5) is 11.4 Å². The quantitative estimate of drug-likeness (QED) is 0.331. The fraction of sp³-hybridized carbons (Fsp3) is 0.0556. The topological polar surface area (TPSA) is 148 Å². The number of nitriles is 1. The smallest absolute Gasteiger partial charge is 0.269 e. The molecule has 9 heteroatoms. The van der Waals surface area contributed by atoms with Crippen molar-refractivity contribution < 1.29 is 19.2 Å². The van der Waals surface area contributed by atoms with Gasteiger partial charge in [-0.15, -0.1) is 0 Å². The van der Waals surface area contributed by atoms with Crippen LogP contribution in [-0.4, -0.2) is 23.3 Å². The molecular formula is C18H14N4O5. The molecule has 0 atom stereocenters. The molecule has 0 fully saturated rings. The highest BCUT2D eigenvalue weighted by atomic mass is 16.6. The van der Waals surface area contributed by atoms with Crippen LogP contribution in [0.2, 0.25) is 0 Å². The molecule has 2 aromatic rings. The molecular weight excluding hydrogens is 352 g/mol.